The summed E-state index contributed by atoms with van der Waals surface area (Å²) < 4.78 is 10.9. The summed E-state index contributed by atoms with van der Waals surface area (Å²) in [6.07, 6.45) is 2.90. The first-order valence-corrected chi connectivity index (χ1v) is 7.84. The lowest BCUT2D eigenvalue weighted by molar-refractivity contribution is 0.355. The second-order valence-electron chi connectivity index (χ2n) is 5.50. The molecular weight excluding hydrogens is 322 g/mol. The fourth-order valence-corrected chi connectivity index (χ4v) is 3.12. The number of halogens is 1. The van der Waals surface area contributed by atoms with Gasteiger partial charge in [-0.2, -0.15) is 0 Å². The molecule has 0 aliphatic heterocycles. The maximum absolute atomic E-state index is 5.47. The molecule has 0 N–H and O–H groups in total. The molecule has 3 rings (SSSR count). The van der Waals surface area contributed by atoms with Crippen molar-refractivity contribution in [3.63, 3.8) is 0 Å². The molecule has 3 aromatic rings. The summed E-state index contributed by atoms with van der Waals surface area (Å²) in [7, 11) is 3.31. The van der Waals surface area contributed by atoms with Crippen LogP contribution in [0, 0.1) is 0 Å². The van der Waals surface area contributed by atoms with Crippen LogP contribution < -0.4 is 9.47 Å². The lowest BCUT2D eigenvalue weighted by Gasteiger charge is -2.19. The highest BCUT2D eigenvalue weighted by Gasteiger charge is 2.17. The topological polar surface area (TPSA) is 31.4 Å². The number of aromatic nitrogens is 1. The standard InChI is InChI=1S/C20H21NO2.ClH/c1-4-15(14-8-6-5-7-9-14)16-10-11-21-18-13-20(23-3)19(22-2)12-17(16)18;/h5-13,15H,4H2,1-3H3;1H. The van der Waals surface area contributed by atoms with Gasteiger partial charge in [-0.25, -0.2) is 0 Å². The second-order valence-corrected chi connectivity index (χ2v) is 5.50. The Balaban J connectivity index is 0.00000208. The molecule has 126 valence electrons. The first-order valence-electron chi connectivity index (χ1n) is 7.84. The predicted molar refractivity (Wildman–Crippen MR) is 101 cm³/mol. The van der Waals surface area contributed by atoms with E-state index in [1.165, 1.54) is 11.1 Å². The van der Waals surface area contributed by atoms with Crippen LogP contribution in [0.5, 0.6) is 11.5 Å². The zero-order valence-corrected chi connectivity index (χ0v) is 15.0. The number of hydrogen-bond donors (Lipinski definition) is 0. The summed E-state index contributed by atoms with van der Waals surface area (Å²) in [5.41, 5.74) is 3.51. The first-order chi connectivity index (χ1) is 11.3. The maximum atomic E-state index is 5.47. The van der Waals surface area contributed by atoms with E-state index in [1.807, 2.05) is 18.3 Å². The normalized spacial score (nSPS) is 11.6. The summed E-state index contributed by atoms with van der Waals surface area (Å²) >= 11 is 0. The van der Waals surface area contributed by atoms with Gasteiger partial charge in [-0.05, 0) is 29.7 Å². The van der Waals surface area contributed by atoms with Crippen molar-refractivity contribution in [2.75, 3.05) is 14.2 Å². The van der Waals surface area contributed by atoms with E-state index < -0.39 is 0 Å². The van der Waals surface area contributed by atoms with Gasteiger partial charge in [-0.1, -0.05) is 37.3 Å². The van der Waals surface area contributed by atoms with Crippen molar-refractivity contribution in [2.45, 2.75) is 19.3 Å². The second kappa shape index (κ2) is 8.02. The summed E-state index contributed by atoms with van der Waals surface area (Å²) in [6, 6.07) is 16.7. The fraction of sp³-hybridized carbons (Fsp3) is 0.250. The van der Waals surface area contributed by atoms with Crippen molar-refractivity contribution in [3.8, 4) is 11.5 Å². The summed E-state index contributed by atoms with van der Waals surface area (Å²) in [5.74, 6) is 1.77. The third kappa shape index (κ3) is 3.31. The Labute approximate surface area is 149 Å². The van der Waals surface area contributed by atoms with Crippen LogP contribution in [0.1, 0.15) is 30.4 Å². The van der Waals surface area contributed by atoms with Gasteiger partial charge in [-0.3, -0.25) is 4.98 Å². The van der Waals surface area contributed by atoms with Crippen molar-refractivity contribution < 1.29 is 9.47 Å². The number of nitrogens with zero attached hydrogens (tertiary/aromatic N) is 1. The highest BCUT2D eigenvalue weighted by atomic mass is 35.5. The van der Waals surface area contributed by atoms with Gasteiger partial charge in [0.2, 0.25) is 0 Å². The highest BCUT2D eigenvalue weighted by Crippen LogP contribution is 2.37. The van der Waals surface area contributed by atoms with E-state index in [4.69, 9.17) is 9.47 Å². The quantitative estimate of drug-likeness (QED) is 0.636. The molecule has 1 atom stereocenters. The molecule has 0 fully saturated rings. The van der Waals surface area contributed by atoms with Crippen LogP contribution in [0.25, 0.3) is 10.9 Å². The number of fused-ring (bicyclic) bond motifs is 1. The average molecular weight is 344 g/mol. The monoisotopic (exact) mass is 343 g/mol. The number of hydrogen-bond acceptors (Lipinski definition) is 3. The lowest BCUT2D eigenvalue weighted by atomic mass is 9.87. The van der Waals surface area contributed by atoms with E-state index >= 15 is 0 Å². The van der Waals surface area contributed by atoms with Crippen molar-refractivity contribution in [1.82, 2.24) is 4.98 Å². The van der Waals surface area contributed by atoms with Gasteiger partial charge in [0.25, 0.3) is 0 Å². The van der Waals surface area contributed by atoms with Crippen molar-refractivity contribution in [3.05, 3.63) is 65.9 Å². The predicted octanol–water partition coefficient (Wildman–Crippen LogP) is 5.22. The third-order valence-electron chi connectivity index (χ3n) is 4.27. The highest BCUT2D eigenvalue weighted by molar-refractivity contribution is 5.86. The third-order valence-corrected chi connectivity index (χ3v) is 4.27. The van der Waals surface area contributed by atoms with Gasteiger partial charge in [-0.15, -0.1) is 12.4 Å². The van der Waals surface area contributed by atoms with E-state index in [0.717, 1.165) is 23.1 Å². The van der Waals surface area contributed by atoms with Gasteiger partial charge >= 0.3 is 0 Å². The molecule has 24 heavy (non-hydrogen) atoms. The van der Waals surface area contributed by atoms with Crippen LogP contribution in [0.2, 0.25) is 0 Å². The van der Waals surface area contributed by atoms with Crippen molar-refractivity contribution in [2.24, 2.45) is 0 Å². The minimum atomic E-state index is 0. The number of pyridine rings is 1. The molecule has 1 aromatic heterocycles. The molecule has 2 aromatic carbocycles. The number of rotatable bonds is 5. The van der Waals surface area contributed by atoms with Crippen LogP contribution in [0.15, 0.2) is 54.7 Å². The number of ether oxygens (including phenoxy) is 2. The molecule has 0 saturated carbocycles. The van der Waals surface area contributed by atoms with Crippen LogP contribution in [-0.4, -0.2) is 19.2 Å². The zero-order valence-electron chi connectivity index (χ0n) is 14.2. The van der Waals surface area contributed by atoms with Gasteiger partial charge < -0.3 is 9.47 Å². The van der Waals surface area contributed by atoms with Crippen LogP contribution >= 0.6 is 12.4 Å². The molecule has 1 heterocycles. The Kier molecular flexibility index (Phi) is 6.04. The van der Waals surface area contributed by atoms with Gasteiger partial charge in [0.15, 0.2) is 11.5 Å². The lowest BCUT2D eigenvalue weighted by Crippen LogP contribution is -2.02. The van der Waals surface area contributed by atoms with E-state index in [9.17, 15) is 0 Å². The molecule has 4 heteroatoms. The summed E-state index contributed by atoms with van der Waals surface area (Å²) in [4.78, 5) is 4.50. The van der Waals surface area contributed by atoms with Crippen LogP contribution in [0.3, 0.4) is 0 Å². The molecule has 1 unspecified atom stereocenters. The molecule has 0 amide bonds. The number of methoxy groups -OCH3 is 2. The Morgan fingerprint density at radius 2 is 1.62 bits per heavy atom. The average Bonchev–Trinajstić information content (AvgIpc) is 2.62. The van der Waals surface area contributed by atoms with Gasteiger partial charge in [0.05, 0.1) is 19.7 Å². The van der Waals surface area contributed by atoms with E-state index in [2.05, 4.69) is 48.3 Å². The molecule has 0 saturated heterocycles. The Morgan fingerprint density at radius 1 is 0.958 bits per heavy atom. The molecule has 3 nitrogen and oxygen atoms in total. The van der Waals surface area contributed by atoms with E-state index in [0.29, 0.717) is 11.7 Å². The summed E-state index contributed by atoms with van der Waals surface area (Å²) in [6.45, 7) is 2.21. The Bertz CT molecular complexity index is 805. The first kappa shape index (κ1) is 18.1. The molecule has 0 aliphatic carbocycles. The minimum Gasteiger partial charge on any atom is -0.493 e. The largest absolute Gasteiger partial charge is 0.493 e. The fourth-order valence-electron chi connectivity index (χ4n) is 3.12. The zero-order chi connectivity index (χ0) is 16.2. The Hall–Kier alpha value is -2.26. The Morgan fingerprint density at radius 3 is 2.25 bits per heavy atom. The molecule has 0 bridgehead atoms. The summed E-state index contributed by atoms with van der Waals surface area (Å²) in [5, 5.41) is 1.11. The number of benzene rings is 2. The van der Waals surface area contributed by atoms with Gasteiger partial charge in [0.1, 0.15) is 0 Å². The SMILES string of the molecule is CCC(c1ccccc1)c1ccnc2cc(OC)c(OC)cc12.Cl. The van der Waals surface area contributed by atoms with Crippen LogP contribution in [-0.2, 0) is 0 Å². The molecule has 0 aliphatic rings. The molecule has 0 radical (unpaired) electrons. The maximum Gasteiger partial charge on any atom is 0.162 e. The van der Waals surface area contributed by atoms with Gasteiger partial charge in [0, 0.05) is 23.6 Å². The minimum absolute atomic E-state index is 0. The van der Waals surface area contributed by atoms with Crippen molar-refractivity contribution in [1.29, 1.82) is 0 Å². The van der Waals surface area contributed by atoms with Crippen molar-refractivity contribution >= 4 is 23.3 Å². The van der Waals surface area contributed by atoms with Crippen LogP contribution in [0.4, 0.5) is 0 Å². The molecule has 0 spiro atoms. The van der Waals surface area contributed by atoms with E-state index in [-0.39, 0.29) is 12.4 Å². The molecular formula is C20H22ClNO2. The smallest absolute Gasteiger partial charge is 0.162 e. The van der Waals surface area contributed by atoms with E-state index in [1.54, 1.807) is 14.2 Å².